The van der Waals surface area contributed by atoms with E-state index in [2.05, 4.69) is 30.1 Å². The monoisotopic (exact) mass is 406 g/mol. The first kappa shape index (κ1) is 21.1. The average molecular weight is 407 g/mol. The third-order valence-electron chi connectivity index (χ3n) is 4.25. The van der Waals surface area contributed by atoms with Crippen LogP contribution in [0.15, 0.2) is 36.4 Å². The number of nitrogens with one attached hydrogen (secondary N) is 1. The number of ether oxygens (including phenoxy) is 1. The van der Waals surface area contributed by atoms with Crippen molar-refractivity contribution < 1.29 is 9.53 Å². The minimum Gasteiger partial charge on any atom is -0.495 e. The van der Waals surface area contributed by atoms with Crippen molar-refractivity contribution in [3.8, 4) is 5.75 Å². The van der Waals surface area contributed by atoms with E-state index in [0.29, 0.717) is 21.4 Å². The molecule has 0 fully saturated rings. The maximum Gasteiger partial charge on any atom is 0.248 e. The van der Waals surface area contributed by atoms with E-state index in [1.165, 1.54) is 13.2 Å². The van der Waals surface area contributed by atoms with Gasteiger partial charge in [0.1, 0.15) is 5.75 Å². The molecule has 2 rings (SSSR count). The molecule has 0 bridgehead atoms. The molecule has 0 unspecified atom stereocenters. The highest BCUT2D eigenvalue weighted by atomic mass is 35.5. The summed E-state index contributed by atoms with van der Waals surface area (Å²) in [5, 5.41) is 3.77. The zero-order valence-electron chi connectivity index (χ0n) is 16.0. The highest BCUT2D eigenvalue weighted by Crippen LogP contribution is 2.33. The van der Waals surface area contributed by atoms with Gasteiger partial charge in [-0.2, -0.15) is 0 Å². The Morgan fingerprint density at radius 1 is 1.19 bits per heavy atom. The number of anilines is 2. The number of rotatable bonds is 7. The third kappa shape index (κ3) is 5.41. The highest BCUT2D eigenvalue weighted by Gasteiger charge is 2.09. The Hall–Kier alpha value is -2.17. The molecule has 27 heavy (non-hydrogen) atoms. The Labute approximate surface area is 170 Å². The molecule has 2 aromatic rings. The number of halogens is 2. The van der Waals surface area contributed by atoms with Gasteiger partial charge < -0.3 is 15.0 Å². The summed E-state index contributed by atoms with van der Waals surface area (Å²) in [7, 11) is 1.52. The second-order valence-corrected chi connectivity index (χ2v) is 6.85. The molecule has 2 aromatic carbocycles. The van der Waals surface area contributed by atoms with Gasteiger partial charge in [0, 0.05) is 41.1 Å². The Kier molecular flexibility index (Phi) is 7.57. The predicted molar refractivity (Wildman–Crippen MR) is 115 cm³/mol. The first-order valence-corrected chi connectivity index (χ1v) is 9.52. The number of amides is 1. The summed E-state index contributed by atoms with van der Waals surface area (Å²) in [4.78, 5) is 14.6. The number of aryl methyl sites for hydroxylation is 1. The number of hydrogen-bond donors (Lipinski definition) is 1. The molecule has 0 heterocycles. The summed E-state index contributed by atoms with van der Waals surface area (Å²) in [5.41, 5.74) is 3.56. The van der Waals surface area contributed by atoms with Crippen LogP contribution in [0.4, 0.5) is 11.4 Å². The van der Waals surface area contributed by atoms with Crippen LogP contribution in [-0.2, 0) is 4.79 Å². The Bertz CT molecular complexity index is 846. The third-order valence-corrected chi connectivity index (χ3v) is 4.75. The largest absolute Gasteiger partial charge is 0.495 e. The van der Waals surface area contributed by atoms with Gasteiger partial charge in [0.2, 0.25) is 5.91 Å². The van der Waals surface area contributed by atoms with Crippen molar-refractivity contribution in [3.63, 3.8) is 0 Å². The van der Waals surface area contributed by atoms with E-state index in [4.69, 9.17) is 27.9 Å². The van der Waals surface area contributed by atoms with Crippen LogP contribution in [0.5, 0.6) is 5.75 Å². The van der Waals surface area contributed by atoms with Crippen LogP contribution in [0.2, 0.25) is 10.0 Å². The van der Waals surface area contributed by atoms with Crippen molar-refractivity contribution in [3.05, 3.63) is 57.6 Å². The van der Waals surface area contributed by atoms with E-state index in [9.17, 15) is 4.79 Å². The van der Waals surface area contributed by atoms with Crippen molar-refractivity contribution in [1.29, 1.82) is 0 Å². The van der Waals surface area contributed by atoms with Crippen LogP contribution in [0.1, 0.15) is 25.0 Å². The van der Waals surface area contributed by atoms with Gasteiger partial charge in [-0.25, -0.2) is 0 Å². The molecule has 0 spiro atoms. The van der Waals surface area contributed by atoms with E-state index < -0.39 is 0 Å². The maximum atomic E-state index is 12.3. The molecule has 4 nitrogen and oxygen atoms in total. The SMILES string of the molecule is CCN(CC)c1ccc(NC(=O)C=Cc2cc(Cl)cc(Cl)c2OC)c(C)c1. The second kappa shape index (κ2) is 9.67. The van der Waals surface area contributed by atoms with Crippen molar-refractivity contribution >= 4 is 46.6 Å². The lowest BCUT2D eigenvalue weighted by Crippen LogP contribution is -2.22. The molecule has 1 N–H and O–H groups in total. The fourth-order valence-electron chi connectivity index (χ4n) is 2.83. The molecule has 0 radical (unpaired) electrons. The summed E-state index contributed by atoms with van der Waals surface area (Å²) in [5.74, 6) is 0.233. The van der Waals surface area contributed by atoms with Gasteiger partial charge in [-0.15, -0.1) is 0 Å². The molecule has 1 amide bonds. The lowest BCUT2D eigenvalue weighted by Gasteiger charge is -2.22. The molecule has 0 aromatic heterocycles. The van der Waals surface area contributed by atoms with Crippen LogP contribution in [-0.4, -0.2) is 26.1 Å². The molecule has 6 heteroatoms. The molecule has 0 aliphatic heterocycles. The van der Waals surface area contributed by atoms with Crippen LogP contribution in [0, 0.1) is 6.92 Å². The smallest absolute Gasteiger partial charge is 0.248 e. The van der Waals surface area contributed by atoms with Crippen molar-refractivity contribution in [2.75, 3.05) is 30.4 Å². The van der Waals surface area contributed by atoms with Crippen LogP contribution in [0.25, 0.3) is 6.08 Å². The van der Waals surface area contributed by atoms with E-state index in [-0.39, 0.29) is 5.91 Å². The zero-order chi connectivity index (χ0) is 20.0. The lowest BCUT2D eigenvalue weighted by molar-refractivity contribution is -0.111. The molecular weight excluding hydrogens is 383 g/mol. The van der Waals surface area contributed by atoms with Crippen LogP contribution in [0.3, 0.4) is 0 Å². The summed E-state index contributed by atoms with van der Waals surface area (Å²) < 4.78 is 5.28. The molecule has 144 valence electrons. The van der Waals surface area contributed by atoms with Gasteiger partial charge in [-0.3, -0.25) is 4.79 Å². The maximum absolute atomic E-state index is 12.3. The van der Waals surface area contributed by atoms with Crippen molar-refractivity contribution in [2.45, 2.75) is 20.8 Å². The molecule has 0 atom stereocenters. The number of hydrogen-bond acceptors (Lipinski definition) is 3. The fraction of sp³-hybridized carbons (Fsp3) is 0.286. The Balaban J connectivity index is 2.16. The first-order chi connectivity index (χ1) is 12.9. The molecule has 0 saturated carbocycles. The Morgan fingerprint density at radius 2 is 1.89 bits per heavy atom. The normalized spacial score (nSPS) is 10.9. The minimum absolute atomic E-state index is 0.244. The van der Waals surface area contributed by atoms with Gasteiger partial charge in [-0.1, -0.05) is 23.2 Å². The van der Waals surface area contributed by atoms with Gasteiger partial charge >= 0.3 is 0 Å². The van der Waals surface area contributed by atoms with Gasteiger partial charge in [0.05, 0.1) is 12.1 Å². The molecular formula is C21H24Cl2N2O2. The van der Waals surface area contributed by atoms with E-state index in [1.807, 2.05) is 19.1 Å². The number of carbonyl (C=O) groups excluding carboxylic acids is 1. The quantitative estimate of drug-likeness (QED) is 0.589. The topological polar surface area (TPSA) is 41.6 Å². The van der Waals surface area contributed by atoms with Crippen molar-refractivity contribution in [1.82, 2.24) is 0 Å². The predicted octanol–water partition coefficient (Wildman–Crippen LogP) is 5.81. The summed E-state index contributed by atoms with van der Waals surface area (Å²) in [6.07, 6.45) is 3.06. The summed E-state index contributed by atoms with van der Waals surface area (Å²) in [6.45, 7) is 8.10. The standard InChI is InChI=1S/C21H24Cl2N2O2/c1-5-25(6-2)17-8-9-19(14(3)11-17)24-20(26)10-7-15-12-16(22)13-18(23)21(15)27-4/h7-13H,5-6H2,1-4H3,(H,24,26). The highest BCUT2D eigenvalue weighted by molar-refractivity contribution is 6.36. The minimum atomic E-state index is -0.244. The van der Waals surface area contributed by atoms with Crippen LogP contribution >= 0.6 is 23.2 Å². The zero-order valence-corrected chi connectivity index (χ0v) is 17.5. The first-order valence-electron chi connectivity index (χ1n) is 8.77. The van der Waals surface area contributed by atoms with E-state index in [1.54, 1.807) is 18.2 Å². The fourth-order valence-corrected chi connectivity index (χ4v) is 3.42. The second-order valence-electron chi connectivity index (χ2n) is 6.00. The number of methoxy groups -OCH3 is 1. The number of nitrogens with zero attached hydrogens (tertiary/aromatic N) is 1. The lowest BCUT2D eigenvalue weighted by atomic mass is 10.1. The molecule has 0 saturated heterocycles. The molecule has 0 aliphatic rings. The van der Waals surface area contributed by atoms with Crippen LogP contribution < -0.4 is 15.0 Å². The number of benzene rings is 2. The summed E-state index contributed by atoms with van der Waals surface area (Å²) in [6, 6.07) is 9.30. The average Bonchev–Trinajstić information content (AvgIpc) is 2.63. The van der Waals surface area contributed by atoms with E-state index >= 15 is 0 Å². The van der Waals surface area contributed by atoms with E-state index in [0.717, 1.165) is 30.0 Å². The van der Waals surface area contributed by atoms with Gasteiger partial charge in [0.15, 0.2) is 0 Å². The number of carbonyl (C=O) groups is 1. The van der Waals surface area contributed by atoms with Crippen molar-refractivity contribution in [2.24, 2.45) is 0 Å². The Morgan fingerprint density at radius 3 is 2.48 bits per heavy atom. The van der Waals surface area contributed by atoms with Gasteiger partial charge in [-0.05, 0) is 62.7 Å². The van der Waals surface area contributed by atoms with Gasteiger partial charge in [0.25, 0.3) is 0 Å². The summed E-state index contributed by atoms with van der Waals surface area (Å²) >= 11 is 12.1. The molecule has 0 aliphatic carbocycles.